The van der Waals surface area contributed by atoms with Crippen molar-refractivity contribution in [3.05, 3.63) is 207 Å². The minimum atomic E-state index is 0.824. The second-order valence-corrected chi connectivity index (χ2v) is 15.2. The molecule has 0 aliphatic carbocycles. The summed E-state index contributed by atoms with van der Waals surface area (Å²) in [5, 5.41) is 4.32. The van der Waals surface area contributed by atoms with Crippen LogP contribution in [-0.2, 0) is 0 Å². The van der Waals surface area contributed by atoms with Gasteiger partial charge in [-0.1, -0.05) is 109 Å². The van der Waals surface area contributed by atoms with Crippen molar-refractivity contribution in [2.24, 2.45) is 0 Å². The molecule has 0 amide bonds. The van der Waals surface area contributed by atoms with E-state index in [1.165, 1.54) is 0 Å². The van der Waals surface area contributed by atoms with E-state index in [0.29, 0.717) is 0 Å². The molecule has 12 aromatic rings. The predicted octanol–water partition coefficient (Wildman–Crippen LogP) is 15.0. The van der Waals surface area contributed by atoms with E-state index in [0.717, 1.165) is 117 Å². The van der Waals surface area contributed by atoms with E-state index in [4.69, 9.17) is 23.8 Å². The third kappa shape index (κ3) is 6.00. The van der Waals surface area contributed by atoms with Crippen molar-refractivity contribution in [1.82, 2.24) is 15.0 Å². The first-order valence-corrected chi connectivity index (χ1v) is 20.3. The van der Waals surface area contributed by atoms with Gasteiger partial charge in [0.15, 0.2) is 0 Å². The van der Waals surface area contributed by atoms with Crippen LogP contribution in [0.5, 0.6) is 0 Å². The lowest BCUT2D eigenvalue weighted by Crippen LogP contribution is -2.09. The fraction of sp³-hybridized carbons (Fsp3) is 0. The maximum Gasteiger partial charge on any atom is 0.139 e. The van der Waals surface area contributed by atoms with Crippen LogP contribution in [0.1, 0.15) is 0 Å². The van der Waals surface area contributed by atoms with Crippen molar-refractivity contribution in [1.29, 1.82) is 0 Å². The van der Waals surface area contributed by atoms with Crippen LogP contribution in [-0.4, -0.2) is 15.0 Å². The summed E-state index contributed by atoms with van der Waals surface area (Å²) < 4.78 is 12.4. The molecule has 6 heteroatoms. The zero-order valence-electron chi connectivity index (χ0n) is 32.7. The van der Waals surface area contributed by atoms with E-state index in [2.05, 4.69) is 144 Å². The Hall–Kier alpha value is -8.35. The van der Waals surface area contributed by atoms with E-state index in [1.54, 1.807) is 0 Å². The van der Waals surface area contributed by atoms with Gasteiger partial charge in [0.05, 0.1) is 27.8 Å². The van der Waals surface area contributed by atoms with Crippen molar-refractivity contribution >= 4 is 72.0 Å². The van der Waals surface area contributed by atoms with Gasteiger partial charge >= 0.3 is 0 Å². The van der Waals surface area contributed by atoms with Crippen molar-refractivity contribution in [2.75, 3.05) is 4.90 Å². The lowest BCUT2D eigenvalue weighted by atomic mass is 10.0. The van der Waals surface area contributed by atoms with Gasteiger partial charge in [-0.25, -0.2) is 4.98 Å². The van der Waals surface area contributed by atoms with Gasteiger partial charge in [-0.2, -0.15) is 0 Å². The normalized spacial score (nSPS) is 11.6. The second-order valence-electron chi connectivity index (χ2n) is 15.2. The molecule has 0 atom stereocenters. The summed E-state index contributed by atoms with van der Waals surface area (Å²) in [5.41, 5.74) is 16.4. The molecular formula is C55H34N4O2. The molecule has 0 saturated carbocycles. The summed E-state index contributed by atoms with van der Waals surface area (Å²) in [6.07, 6.45) is 3.65. The van der Waals surface area contributed by atoms with Gasteiger partial charge in [-0.3, -0.25) is 9.97 Å². The Balaban J connectivity index is 0.943. The Morgan fingerprint density at radius 2 is 0.984 bits per heavy atom. The first-order chi connectivity index (χ1) is 30.2. The number of hydrogen-bond donors (Lipinski definition) is 0. The van der Waals surface area contributed by atoms with E-state index in [-0.39, 0.29) is 0 Å². The number of aromatic nitrogens is 3. The van der Waals surface area contributed by atoms with E-state index in [1.807, 2.05) is 67.0 Å². The number of anilines is 3. The summed E-state index contributed by atoms with van der Waals surface area (Å²) in [6.45, 7) is 0. The van der Waals surface area contributed by atoms with Crippen molar-refractivity contribution < 1.29 is 8.83 Å². The van der Waals surface area contributed by atoms with Crippen LogP contribution in [0.4, 0.5) is 17.1 Å². The smallest absolute Gasteiger partial charge is 0.139 e. The molecule has 5 heterocycles. The molecule has 286 valence electrons. The maximum atomic E-state index is 6.24. The van der Waals surface area contributed by atoms with Crippen LogP contribution in [0.2, 0.25) is 0 Å². The number of para-hydroxylation sites is 2. The van der Waals surface area contributed by atoms with Crippen LogP contribution < -0.4 is 4.90 Å². The lowest BCUT2D eigenvalue weighted by molar-refractivity contribution is 0.668. The highest BCUT2D eigenvalue weighted by molar-refractivity contribution is 6.11. The molecule has 6 nitrogen and oxygen atoms in total. The molecule has 0 spiro atoms. The van der Waals surface area contributed by atoms with Crippen molar-refractivity contribution in [3.8, 4) is 44.8 Å². The number of furan rings is 2. The van der Waals surface area contributed by atoms with Crippen molar-refractivity contribution in [2.45, 2.75) is 0 Å². The quantitative estimate of drug-likeness (QED) is 0.160. The first kappa shape index (κ1) is 34.7. The fourth-order valence-electron chi connectivity index (χ4n) is 8.64. The minimum absolute atomic E-state index is 0.824. The third-order valence-electron chi connectivity index (χ3n) is 11.6. The number of nitrogens with zero attached hydrogens (tertiary/aromatic N) is 4. The monoisotopic (exact) mass is 782 g/mol. The highest BCUT2D eigenvalue weighted by Gasteiger charge is 2.18. The molecule has 0 fully saturated rings. The van der Waals surface area contributed by atoms with Gasteiger partial charge in [0.1, 0.15) is 22.3 Å². The number of benzene rings is 7. The largest absolute Gasteiger partial charge is 0.456 e. The molecule has 0 aliphatic rings. The van der Waals surface area contributed by atoms with Crippen LogP contribution in [0.15, 0.2) is 215 Å². The molecular weight excluding hydrogens is 749 g/mol. The SMILES string of the molecule is c1ccc(-c2cc(-c3ccc(N(c4ccc(-c5ccc6c(c5)oc5ccccc56)cc4)c4ccc(-c5nccc6oc7ccccc7c56)cc4)cc3)nc3cccnc23)cc1. The van der Waals surface area contributed by atoms with Gasteiger partial charge in [0.2, 0.25) is 0 Å². The molecule has 7 aromatic carbocycles. The predicted molar refractivity (Wildman–Crippen MR) is 248 cm³/mol. The maximum absolute atomic E-state index is 6.24. The van der Waals surface area contributed by atoms with Gasteiger partial charge < -0.3 is 13.7 Å². The van der Waals surface area contributed by atoms with E-state index in [9.17, 15) is 0 Å². The van der Waals surface area contributed by atoms with Crippen LogP contribution in [0, 0.1) is 0 Å². The molecule has 61 heavy (non-hydrogen) atoms. The average Bonchev–Trinajstić information content (AvgIpc) is 3.91. The fourth-order valence-corrected chi connectivity index (χ4v) is 8.64. The highest BCUT2D eigenvalue weighted by Crippen LogP contribution is 2.41. The zero-order valence-corrected chi connectivity index (χ0v) is 32.7. The Labute approximate surface area is 350 Å². The molecule has 0 aliphatic heterocycles. The Morgan fingerprint density at radius 3 is 1.74 bits per heavy atom. The standard InChI is InChI=1S/C55H34N4O2/c1-2-9-36(10-3-1)46-34-48(58-47-13-8-31-56-55(46)47)37-18-25-41(26-19-37)59(40-23-16-35(17-24-40)39-22-29-44-43-11-4-6-14-49(43)61-52(44)33-39)42-27-20-38(21-28-42)54-53-45-12-5-7-15-50(45)60-51(53)30-32-57-54/h1-34H. The van der Waals surface area contributed by atoms with Gasteiger partial charge in [0, 0.05) is 62.3 Å². The molecule has 0 unspecified atom stereocenters. The van der Waals surface area contributed by atoms with Crippen molar-refractivity contribution in [3.63, 3.8) is 0 Å². The first-order valence-electron chi connectivity index (χ1n) is 20.3. The van der Waals surface area contributed by atoms with Gasteiger partial charge in [-0.15, -0.1) is 0 Å². The Bertz CT molecular complexity index is 3570. The molecule has 0 saturated heterocycles. The van der Waals surface area contributed by atoms with Crippen LogP contribution in [0.3, 0.4) is 0 Å². The zero-order chi connectivity index (χ0) is 40.3. The molecule has 5 aromatic heterocycles. The summed E-state index contributed by atoms with van der Waals surface area (Å²) in [7, 11) is 0. The number of rotatable bonds is 7. The third-order valence-corrected chi connectivity index (χ3v) is 11.6. The summed E-state index contributed by atoms with van der Waals surface area (Å²) in [5.74, 6) is 0. The molecule has 0 bridgehead atoms. The average molecular weight is 783 g/mol. The lowest BCUT2D eigenvalue weighted by Gasteiger charge is -2.26. The second kappa shape index (κ2) is 14.2. The van der Waals surface area contributed by atoms with Crippen LogP contribution in [0.25, 0.3) is 99.7 Å². The topological polar surface area (TPSA) is 68.2 Å². The van der Waals surface area contributed by atoms with Gasteiger partial charge in [-0.05, 0) is 102 Å². The molecule has 0 N–H and O–H groups in total. The number of fused-ring (bicyclic) bond motifs is 7. The Kier molecular flexibility index (Phi) is 8.06. The highest BCUT2D eigenvalue weighted by atomic mass is 16.3. The summed E-state index contributed by atoms with van der Waals surface area (Å²) in [6, 6.07) is 67.2. The summed E-state index contributed by atoms with van der Waals surface area (Å²) >= 11 is 0. The van der Waals surface area contributed by atoms with Gasteiger partial charge in [0.25, 0.3) is 0 Å². The summed E-state index contributed by atoms with van der Waals surface area (Å²) in [4.78, 5) is 16.9. The minimum Gasteiger partial charge on any atom is -0.456 e. The number of pyridine rings is 3. The molecule has 0 radical (unpaired) electrons. The number of hydrogen-bond acceptors (Lipinski definition) is 6. The van der Waals surface area contributed by atoms with E-state index >= 15 is 0 Å². The van der Waals surface area contributed by atoms with Crippen LogP contribution >= 0.6 is 0 Å². The molecule has 12 rings (SSSR count). The Morgan fingerprint density at radius 1 is 0.377 bits per heavy atom. The van der Waals surface area contributed by atoms with E-state index < -0.39 is 0 Å².